The van der Waals surface area contributed by atoms with Gasteiger partial charge in [0.05, 0.1) is 19.3 Å². The molecule has 3 rings (SSSR count). The smallest absolute Gasteiger partial charge is 0.234 e. The number of likely N-dealkylation sites (N-methyl/N-ethyl adjacent to an activating group) is 1. The summed E-state index contributed by atoms with van der Waals surface area (Å²) in [6.45, 7) is 7.58. The monoisotopic (exact) mass is 390 g/mol. The normalized spacial score (nSPS) is 21.4. The molecule has 28 heavy (non-hydrogen) atoms. The van der Waals surface area contributed by atoms with Gasteiger partial charge in [-0.3, -0.25) is 9.69 Å². The molecule has 2 aliphatic rings. The number of aliphatic hydroxyl groups is 1. The Morgan fingerprint density at radius 3 is 2.54 bits per heavy atom. The topological polar surface area (TPSA) is 68.3 Å². The van der Waals surface area contributed by atoms with Gasteiger partial charge in [0.1, 0.15) is 5.75 Å². The van der Waals surface area contributed by atoms with Crippen LogP contribution >= 0.6 is 0 Å². The molecule has 7 heteroatoms. The molecule has 0 saturated carbocycles. The van der Waals surface area contributed by atoms with Gasteiger partial charge in [0.15, 0.2) is 0 Å². The molecule has 0 bridgehead atoms. The minimum absolute atomic E-state index is 0.106. The molecule has 2 saturated heterocycles. The number of piperazine rings is 1. The highest BCUT2D eigenvalue weighted by Crippen LogP contribution is 2.34. The van der Waals surface area contributed by atoms with Crippen molar-refractivity contribution in [3.8, 4) is 5.75 Å². The van der Waals surface area contributed by atoms with Crippen LogP contribution in [0.1, 0.15) is 18.4 Å². The van der Waals surface area contributed by atoms with E-state index in [1.54, 1.807) is 7.11 Å². The zero-order chi connectivity index (χ0) is 20.0. The van der Waals surface area contributed by atoms with Crippen LogP contribution in [0, 0.1) is 0 Å². The van der Waals surface area contributed by atoms with Crippen molar-refractivity contribution in [1.29, 1.82) is 0 Å². The van der Waals surface area contributed by atoms with Crippen LogP contribution in [-0.2, 0) is 10.4 Å². The number of nitrogens with one attached hydrogen (secondary N) is 1. The first-order valence-electron chi connectivity index (χ1n) is 10.3. The minimum Gasteiger partial charge on any atom is -0.497 e. The molecule has 2 aliphatic heterocycles. The minimum atomic E-state index is -0.796. The molecular formula is C21H34N4O3. The summed E-state index contributed by atoms with van der Waals surface area (Å²) in [6, 6.07) is 7.71. The highest BCUT2D eigenvalue weighted by atomic mass is 16.5. The van der Waals surface area contributed by atoms with E-state index in [4.69, 9.17) is 4.74 Å². The van der Waals surface area contributed by atoms with Crippen molar-refractivity contribution < 1.29 is 14.6 Å². The lowest BCUT2D eigenvalue weighted by Gasteiger charge is -2.38. The Morgan fingerprint density at radius 2 is 1.86 bits per heavy atom. The first-order valence-corrected chi connectivity index (χ1v) is 10.3. The Morgan fingerprint density at radius 1 is 1.14 bits per heavy atom. The molecule has 0 aliphatic carbocycles. The summed E-state index contributed by atoms with van der Waals surface area (Å²) in [5.74, 6) is 0.880. The Hall–Kier alpha value is -1.67. The van der Waals surface area contributed by atoms with E-state index in [-0.39, 0.29) is 5.91 Å². The number of rotatable bonds is 7. The second-order valence-electron chi connectivity index (χ2n) is 8.03. The van der Waals surface area contributed by atoms with Crippen molar-refractivity contribution in [2.75, 3.05) is 73.1 Å². The number of carbonyl (C=O) groups excluding carboxylic acids is 1. The molecule has 2 heterocycles. The van der Waals surface area contributed by atoms with E-state index in [9.17, 15) is 9.90 Å². The third kappa shape index (κ3) is 5.67. The molecule has 1 aromatic carbocycles. The van der Waals surface area contributed by atoms with E-state index in [0.29, 0.717) is 25.9 Å². The van der Waals surface area contributed by atoms with Gasteiger partial charge in [-0.1, -0.05) is 12.1 Å². The summed E-state index contributed by atoms with van der Waals surface area (Å²) in [5.41, 5.74) is 0.127. The molecule has 0 unspecified atom stereocenters. The average molecular weight is 391 g/mol. The maximum atomic E-state index is 12.1. The number of methoxy groups -OCH3 is 1. The summed E-state index contributed by atoms with van der Waals surface area (Å²) in [7, 11) is 3.76. The lowest BCUT2D eigenvalue weighted by atomic mass is 9.84. The summed E-state index contributed by atoms with van der Waals surface area (Å²) >= 11 is 0. The van der Waals surface area contributed by atoms with E-state index < -0.39 is 5.60 Å². The Labute approximate surface area is 168 Å². The first kappa shape index (κ1) is 21.0. The van der Waals surface area contributed by atoms with Crippen LogP contribution in [0.2, 0.25) is 0 Å². The molecule has 1 aromatic rings. The highest BCUT2D eigenvalue weighted by molar-refractivity contribution is 5.78. The van der Waals surface area contributed by atoms with Gasteiger partial charge in [0.2, 0.25) is 5.91 Å². The van der Waals surface area contributed by atoms with Crippen LogP contribution in [0.4, 0.5) is 0 Å². The summed E-state index contributed by atoms with van der Waals surface area (Å²) < 4.78 is 5.28. The van der Waals surface area contributed by atoms with Gasteiger partial charge < -0.3 is 25.0 Å². The molecule has 7 nitrogen and oxygen atoms in total. The van der Waals surface area contributed by atoms with Crippen LogP contribution in [0.3, 0.4) is 0 Å². The number of likely N-dealkylation sites (tertiary alicyclic amines) is 1. The van der Waals surface area contributed by atoms with E-state index in [0.717, 1.165) is 57.1 Å². The van der Waals surface area contributed by atoms with Gasteiger partial charge in [-0.2, -0.15) is 0 Å². The SMILES string of the molecule is COc1cccc(C2(O)CCN(CCNC(=O)CN3CCN(C)CC3)CC2)c1. The number of amides is 1. The predicted molar refractivity (Wildman–Crippen MR) is 110 cm³/mol. The third-order valence-electron chi connectivity index (χ3n) is 6.00. The average Bonchev–Trinajstić information content (AvgIpc) is 2.71. The number of hydrogen-bond donors (Lipinski definition) is 2. The van der Waals surface area contributed by atoms with E-state index in [1.165, 1.54) is 0 Å². The van der Waals surface area contributed by atoms with Crippen LogP contribution in [0.25, 0.3) is 0 Å². The molecule has 0 aromatic heterocycles. The van der Waals surface area contributed by atoms with E-state index in [1.807, 2.05) is 24.3 Å². The van der Waals surface area contributed by atoms with Crippen LogP contribution in [-0.4, -0.2) is 98.8 Å². The number of piperidine rings is 1. The predicted octanol–water partition coefficient (Wildman–Crippen LogP) is 0.342. The van der Waals surface area contributed by atoms with Crippen molar-refractivity contribution in [2.24, 2.45) is 0 Å². The molecule has 156 valence electrons. The molecule has 2 fully saturated rings. The fraction of sp³-hybridized carbons (Fsp3) is 0.667. The Bertz CT molecular complexity index is 638. The number of carbonyl (C=O) groups is 1. The number of hydrogen-bond acceptors (Lipinski definition) is 6. The molecule has 2 N–H and O–H groups in total. The van der Waals surface area contributed by atoms with Gasteiger partial charge in [0, 0.05) is 52.4 Å². The molecular weight excluding hydrogens is 356 g/mol. The first-order chi connectivity index (χ1) is 13.5. The largest absolute Gasteiger partial charge is 0.497 e. The summed E-state index contributed by atoms with van der Waals surface area (Å²) in [4.78, 5) is 19.0. The van der Waals surface area contributed by atoms with Crippen molar-refractivity contribution in [2.45, 2.75) is 18.4 Å². The van der Waals surface area contributed by atoms with Gasteiger partial charge in [-0.25, -0.2) is 0 Å². The van der Waals surface area contributed by atoms with Crippen LogP contribution in [0.15, 0.2) is 24.3 Å². The van der Waals surface area contributed by atoms with Gasteiger partial charge in [0.25, 0.3) is 0 Å². The van der Waals surface area contributed by atoms with Crippen molar-refractivity contribution >= 4 is 5.91 Å². The summed E-state index contributed by atoms with van der Waals surface area (Å²) in [5, 5.41) is 14.1. The van der Waals surface area contributed by atoms with E-state index >= 15 is 0 Å². The third-order valence-corrected chi connectivity index (χ3v) is 6.00. The van der Waals surface area contributed by atoms with Crippen LogP contribution in [0.5, 0.6) is 5.75 Å². The zero-order valence-electron chi connectivity index (χ0n) is 17.2. The van der Waals surface area contributed by atoms with Crippen LogP contribution < -0.4 is 10.1 Å². The van der Waals surface area contributed by atoms with Gasteiger partial charge in [-0.05, 0) is 37.6 Å². The van der Waals surface area contributed by atoms with E-state index in [2.05, 4.69) is 27.1 Å². The standard InChI is InChI=1S/C21H34N4O3/c1-23-12-14-25(15-13-23)17-20(26)22-8-11-24-9-6-21(27,7-10-24)18-4-3-5-19(16-18)28-2/h3-5,16,27H,6-15,17H2,1-2H3,(H,22,26). The summed E-state index contributed by atoms with van der Waals surface area (Å²) in [6.07, 6.45) is 1.38. The Balaban J connectivity index is 1.36. The van der Waals surface area contributed by atoms with Crippen molar-refractivity contribution in [3.63, 3.8) is 0 Å². The maximum absolute atomic E-state index is 12.1. The fourth-order valence-corrected chi connectivity index (χ4v) is 3.97. The lowest BCUT2D eigenvalue weighted by molar-refractivity contribution is -0.122. The van der Waals surface area contributed by atoms with Gasteiger partial charge in [-0.15, -0.1) is 0 Å². The van der Waals surface area contributed by atoms with Crippen molar-refractivity contribution in [3.05, 3.63) is 29.8 Å². The fourth-order valence-electron chi connectivity index (χ4n) is 3.97. The second kappa shape index (κ2) is 9.69. The zero-order valence-corrected chi connectivity index (χ0v) is 17.2. The van der Waals surface area contributed by atoms with Crippen molar-refractivity contribution in [1.82, 2.24) is 20.0 Å². The highest BCUT2D eigenvalue weighted by Gasteiger charge is 2.34. The van der Waals surface area contributed by atoms with Gasteiger partial charge >= 0.3 is 0 Å². The second-order valence-corrected chi connectivity index (χ2v) is 8.03. The lowest BCUT2D eigenvalue weighted by Crippen LogP contribution is -2.49. The number of ether oxygens (including phenoxy) is 1. The molecule has 0 spiro atoms. The molecule has 0 radical (unpaired) electrons. The maximum Gasteiger partial charge on any atom is 0.234 e. The molecule has 0 atom stereocenters. The number of benzene rings is 1. The number of nitrogens with zero attached hydrogens (tertiary/aromatic N) is 3. The molecule has 1 amide bonds. The quantitative estimate of drug-likeness (QED) is 0.700. The Kier molecular flexibility index (Phi) is 7.29.